The summed E-state index contributed by atoms with van der Waals surface area (Å²) in [6.07, 6.45) is 0. The summed E-state index contributed by atoms with van der Waals surface area (Å²) in [5, 5.41) is -0.0158. The Kier molecular flexibility index (Phi) is 5.74. The second-order valence-corrected chi connectivity index (χ2v) is 8.49. The van der Waals surface area contributed by atoms with Crippen LogP contribution < -0.4 is 14.4 Å². The summed E-state index contributed by atoms with van der Waals surface area (Å²) in [7, 11) is -7.12. The molecule has 2 aromatic rings. The van der Waals surface area contributed by atoms with Gasteiger partial charge >= 0.3 is 0 Å². The Hall–Kier alpha value is -1.36. The lowest BCUT2D eigenvalue weighted by molar-refractivity contribution is 0.414. The molecule has 0 aliphatic carbocycles. The van der Waals surface area contributed by atoms with Gasteiger partial charge in [0.15, 0.2) is 0 Å². The Labute approximate surface area is 149 Å². The van der Waals surface area contributed by atoms with Gasteiger partial charge in [0.25, 0.3) is 20.0 Å². The Morgan fingerprint density at radius 2 is 1.62 bits per heavy atom. The van der Waals surface area contributed by atoms with Gasteiger partial charge in [0.05, 0.1) is 17.0 Å². The quantitative estimate of drug-likeness (QED) is 0.736. The zero-order chi connectivity index (χ0) is 18.0. The number of nitrogens with one attached hydrogen (secondary N) is 1. The number of benzene rings is 2. The first-order valence-corrected chi connectivity index (χ1v) is 9.91. The predicted molar refractivity (Wildman–Crippen MR) is 89.1 cm³/mol. The summed E-state index contributed by atoms with van der Waals surface area (Å²) in [4.78, 5) is 4.15. The number of halogens is 2. The van der Waals surface area contributed by atoms with Gasteiger partial charge in [-0.05, 0) is 47.3 Å². The number of hydrogen-bond donors (Lipinski definition) is 1. The second kappa shape index (κ2) is 7.26. The van der Waals surface area contributed by atoms with Crippen molar-refractivity contribution in [1.82, 2.24) is 9.66 Å². The minimum Gasteiger partial charge on any atom is -0.497 e. The lowest BCUT2D eigenvalue weighted by atomic mass is 10.3. The lowest BCUT2D eigenvalue weighted by Gasteiger charge is -2.09. The minimum atomic E-state index is -4.37. The second-order valence-electron chi connectivity index (χ2n) is 4.41. The number of nitrogens with zero attached hydrogens (tertiary/aromatic N) is 1. The molecule has 2 rings (SSSR count). The standard InChI is InChI=1S/C13H11Cl2N2O5S2/c1-22-10-3-5-11(6-4-10)23(18,19)16-17-24(20,21)13-8-9(14)2-7-12(13)15/h2-8,16H,1H3. The molecule has 1 radical (unpaired) electrons. The number of ether oxygens (including phenoxy) is 1. The molecule has 0 saturated heterocycles. The van der Waals surface area contributed by atoms with Gasteiger partial charge in [-0.15, -0.1) is 4.83 Å². The highest BCUT2D eigenvalue weighted by molar-refractivity contribution is 7.92. The van der Waals surface area contributed by atoms with Gasteiger partial charge in [0, 0.05) is 5.02 Å². The maximum atomic E-state index is 12.1. The van der Waals surface area contributed by atoms with Crippen molar-refractivity contribution in [2.75, 3.05) is 7.11 Å². The summed E-state index contributed by atoms with van der Waals surface area (Å²) < 4.78 is 53.4. The summed E-state index contributed by atoms with van der Waals surface area (Å²) >= 11 is 11.5. The molecule has 0 bridgehead atoms. The first kappa shape index (κ1) is 19.0. The smallest absolute Gasteiger partial charge is 0.273 e. The zero-order valence-electron chi connectivity index (χ0n) is 12.1. The summed E-state index contributed by atoms with van der Waals surface area (Å²) in [6.45, 7) is 0. The fourth-order valence-electron chi connectivity index (χ4n) is 1.63. The van der Waals surface area contributed by atoms with Crippen LogP contribution in [0.15, 0.2) is 52.3 Å². The highest BCUT2D eigenvalue weighted by atomic mass is 35.5. The van der Waals surface area contributed by atoms with Crippen LogP contribution in [0.1, 0.15) is 0 Å². The van der Waals surface area contributed by atoms with Gasteiger partial charge in [-0.2, -0.15) is 0 Å². The van der Waals surface area contributed by atoms with E-state index in [0.29, 0.717) is 5.75 Å². The fraction of sp³-hybridized carbons (Fsp3) is 0.0769. The van der Waals surface area contributed by atoms with Crippen LogP contribution in [0.5, 0.6) is 5.75 Å². The van der Waals surface area contributed by atoms with Crippen molar-refractivity contribution in [2.24, 2.45) is 0 Å². The molecular weight excluding hydrogens is 399 g/mol. The minimum absolute atomic E-state index is 0.117. The van der Waals surface area contributed by atoms with E-state index < -0.39 is 24.9 Å². The molecule has 0 amide bonds. The SMILES string of the molecule is COc1ccc(S(=O)(=O)N[N]S(=O)(=O)c2cc(Cl)ccc2Cl)cc1. The molecule has 0 atom stereocenters. The number of sulfonamides is 2. The van der Waals surface area contributed by atoms with Crippen LogP contribution in [0.2, 0.25) is 10.0 Å². The number of methoxy groups -OCH3 is 1. The molecule has 11 heteroatoms. The van der Waals surface area contributed by atoms with Crippen molar-refractivity contribution in [1.29, 1.82) is 0 Å². The monoisotopic (exact) mass is 409 g/mol. The molecule has 0 heterocycles. The molecule has 0 saturated carbocycles. The molecule has 2 aromatic carbocycles. The first-order valence-electron chi connectivity index (χ1n) is 6.23. The van der Waals surface area contributed by atoms with Crippen LogP contribution in [0, 0.1) is 0 Å². The van der Waals surface area contributed by atoms with Crippen LogP contribution in [0.25, 0.3) is 0 Å². The molecule has 1 N–H and O–H groups in total. The Morgan fingerprint density at radius 1 is 1.00 bits per heavy atom. The van der Waals surface area contributed by atoms with Gasteiger partial charge in [-0.3, -0.25) is 0 Å². The van der Waals surface area contributed by atoms with Gasteiger partial charge in [0.2, 0.25) is 0 Å². The molecule has 7 nitrogen and oxygen atoms in total. The van der Waals surface area contributed by atoms with E-state index in [-0.39, 0.29) is 14.9 Å². The summed E-state index contributed by atoms with van der Waals surface area (Å²) in [5.74, 6) is 0.448. The van der Waals surface area contributed by atoms with Crippen molar-refractivity contribution >= 4 is 43.2 Å². The van der Waals surface area contributed by atoms with Gasteiger partial charge in [-0.25, -0.2) is 16.8 Å². The number of hydrogen-bond acceptors (Lipinski definition) is 5. The molecule has 0 aromatic heterocycles. The van der Waals surface area contributed by atoms with Crippen LogP contribution in [-0.2, 0) is 20.0 Å². The fourth-order valence-corrected chi connectivity index (χ4v) is 4.35. The third kappa shape index (κ3) is 4.38. The molecular formula is C13H11Cl2N2O5S2. The van der Waals surface area contributed by atoms with E-state index >= 15 is 0 Å². The van der Waals surface area contributed by atoms with Crippen molar-refractivity contribution in [3.8, 4) is 5.75 Å². The van der Waals surface area contributed by atoms with Crippen LogP contribution in [0.4, 0.5) is 0 Å². The highest BCUT2D eigenvalue weighted by Crippen LogP contribution is 2.25. The van der Waals surface area contributed by atoms with Gasteiger partial charge < -0.3 is 4.74 Å². The lowest BCUT2D eigenvalue weighted by Crippen LogP contribution is -2.35. The average molecular weight is 410 g/mol. The van der Waals surface area contributed by atoms with E-state index in [0.717, 1.165) is 6.07 Å². The van der Waals surface area contributed by atoms with E-state index in [2.05, 4.69) is 4.83 Å². The van der Waals surface area contributed by atoms with Gasteiger partial charge in [-0.1, -0.05) is 23.2 Å². The third-order valence-corrected chi connectivity index (χ3v) is 6.06. The first-order chi connectivity index (χ1) is 11.2. The maximum absolute atomic E-state index is 12.1. The summed E-state index contributed by atoms with van der Waals surface area (Å²) in [6, 6.07) is 9.05. The predicted octanol–water partition coefficient (Wildman–Crippen LogP) is 2.19. The van der Waals surface area contributed by atoms with E-state index in [1.54, 1.807) is 4.83 Å². The normalized spacial score (nSPS) is 12.1. The molecule has 0 aliphatic rings. The largest absolute Gasteiger partial charge is 0.497 e. The van der Waals surface area contributed by atoms with Crippen molar-refractivity contribution in [2.45, 2.75) is 9.79 Å². The molecule has 0 fully saturated rings. The van der Waals surface area contributed by atoms with E-state index in [9.17, 15) is 16.8 Å². The van der Waals surface area contributed by atoms with E-state index in [1.807, 2.05) is 0 Å². The molecule has 0 aliphatic heterocycles. The Bertz CT molecular complexity index is 945. The average Bonchev–Trinajstić information content (AvgIpc) is 2.55. The van der Waals surface area contributed by atoms with Crippen LogP contribution >= 0.6 is 23.2 Å². The van der Waals surface area contributed by atoms with Crippen molar-refractivity contribution in [3.05, 3.63) is 52.5 Å². The molecule has 24 heavy (non-hydrogen) atoms. The zero-order valence-corrected chi connectivity index (χ0v) is 15.2. The topological polar surface area (TPSA) is 104 Å². The summed E-state index contributed by atoms with van der Waals surface area (Å²) in [5.41, 5.74) is 0. The van der Waals surface area contributed by atoms with Crippen LogP contribution in [-0.4, -0.2) is 23.9 Å². The Morgan fingerprint density at radius 3 is 2.21 bits per heavy atom. The molecule has 0 spiro atoms. The van der Waals surface area contributed by atoms with Crippen molar-refractivity contribution in [3.63, 3.8) is 0 Å². The Balaban J connectivity index is 2.23. The molecule has 129 valence electrons. The van der Waals surface area contributed by atoms with Gasteiger partial charge in [0.1, 0.15) is 10.6 Å². The van der Waals surface area contributed by atoms with E-state index in [1.165, 1.54) is 43.5 Å². The molecule has 0 unspecified atom stereocenters. The highest BCUT2D eigenvalue weighted by Gasteiger charge is 2.24. The number of rotatable bonds is 6. The van der Waals surface area contributed by atoms with Crippen molar-refractivity contribution < 1.29 is 21.6 Å². The third-order valence-electron chi connectivity index (χ3n) is 2.82. The van der Waals surface area contributed by atoms with Crippen LogP contribution in [0.3, 0.4) is 0 Å². The maximum Gasteiger partial charge on any atom is 0.273 e. The van der Waals surface area contributed by atoms with E-state index in [4.69, 9.17) is 27.9 Å².